The number of pyridine rings is 1. The van der Waals surface area contributed by atoms with E-state index in [0.29, 0.717) is 24.5 Å². The van der Waals surface area contributed by atoms with Crippen molar-refractivity contribution in [3.63, 3.8) is 0 Å². The Hall–Kier alpha value is -3.11. The lowest BCUT2D eigenvalue weighted by Crippen LogP contribution is -2.36. The topological polar surface area (TPSA) is 115 Å². The van der Waals surface area contributed by atoms with Crippen molar-refractivity contribution in [3.05, 3.63) is 60.2 Å². The average molecular weight is 428 g/mol. The minimum Gasteiger partial charge on any atom is -0.452 e. The Balaban J connectivity index is 1.49. The Morgan fingerprint density at radius 2 is 1.90 bits per heavy atom. The van der Waals surface area contributed by atoms with E-state index in [1.165, 1.54) is 16.4 Å². The van der Waals surface area contributed by atoms with Gasteiger partial charge < -0.3 is 9.26 Å². The van der Waals surface area contributed by atoms with Gasteiger partial charge in [-0.15, -0.1) is 0 Å². The number of rotatable bonds is 6. The molecule has 0 N–H and O–H groups in total. The predicted molar refractivity (Wildman–Crippen MR) is 106 cm³/mol. The Kier molecular flexibility index (Phi) is 5.86. The van der Waals surface area contributed by atoms with Crippen molar-refractivity contribution < 1.29 is 22.5 Å². The molecule has 0 bridgehead atoms. The molecule has 0 spiro atoms. The summed E-state index contributed by atoms with van der Waals surface area (Å²) in [7, 11) is -3.78. The molecule has 1 fully saturated rings. The molecule has 0 aliphatic carbocycles. The maximum absolute atomic E-state index is 13.0. The lowest BCUT2D eigenvalue weighted by Gasteiger charge is -2.26. The van der Waals surface area contributed by atoms with Crippen LogP contribution in [0.25, 0.3) is 11.4 Å². The quantitative estimate of drug-likeness (QED) is 0.550. The van der Waals surface area contributed by atoms with Crippen LogP contribution in [0.2, 0.25) is 0 Å². The number of sulfonamides is 1. The number of nitrogens with zero attached hydrogens (tertiary/aromatic N) is 4. The molecule has 3 aromatic rings. The second-order valence-electron chi connectivity index (χ2n) is 6.79. The van der Waals surface area contributed by atoms with E-state index < -0.39 is 16.0 Å². The fraction of sp³-hybridized carbons (Fsp3) is 0.300. The Morgan fingerprint density at radius 3 is 2.67 bits per heavy atom. The molecule has 0 radical (unpaired) electrons. The van der Waals surface area contributed by atoms with Crippen LogP contribution < -0.4 is 0 Å². The summed E-state index contributed by atoms with van der Waals surface area (Å²) in [6.45, 7) is 0.625. The normalized spacial score (nSPS) is 15.1. The number of ether oxygens (including phenoxy) is 1. The molecule has 1 saturated heterocycles. The summed E-state index contributed by atoms with van der Waals surface area (Å²) in [5.41, 5.74) is 0.645. The largest absolute Gasteiger partial charge is 0.452 e. The first-order valence-electron chi connectivity index (χ1n) is 9.55. The minimum atomic E-state index is -3.78. The number of piperidine rings is 1. The number of carbonyl (C=O) groups excluding carboxylic acids is 1. The smallest absolute Gasteiger partial charge is 0.340 e. The van der Waals surface area contributed by atoms with Gasteiger partial charge in [0.05, 0.1) is 10.5 Å². The zero-order valence-electron chi connectivity index (χ0n) is 16.1. The Morgan fingerprint density at radius 1 is 1.10 bits per heavy atom. The van der Waals surface area contributed by atoms with Crippen molar-refractivity contribution in [2.45, 2.75) is 30.8 Å². The van der Waals surface area contributed by atoms with Crippen molar-refractivity contribution in [1.82, 2.24) is 19.4 Å². The third-order valence-corrected chi connectivity index (χ3v) is 6.71. The molecule has 3 heterocycles. The van der Waals surface area contributed by atoms with E-state index >= 15 is 0 Å². The molecule has 30 heavy (non-hydrogen) atoms. The highest BCUT2D eigenvalue weighted by molar-refractivity contribution is 7.89. The molecular formula is C20H20N4O5S. The van der Waals surface area contributed by atoms with Gasteiger partial charge in [-0.1, -0.05) is 23.7 Å². The van der Waals surface area contributed by atoms with Gasteiger partial charge in [-0.3, -0.25) is 4.98 Å². The molecule has 0 amide bonds. The lowest BCUT2D eigenvalue weighted by atomic mass is 10.2. The van der Waals surface area contributed by atoms with E-state index in [-0.39, 0.29) is 23.0 Å². The fourth-order valence-electron chi connectivity index (χ4n) is 3.24. The maximum Gasteiger partial charge on any atom is 0.340 e. The second kappa shape index (κ2) is 8.72. The molecule has 0 atom stereocenters. The maximum atomic E-state index is 13.0. The zero-order chi connectivity index (χ0) is 21.0. The fourth-order valence-corrected chi connectivity index (χ4v) is 4.93. The molecule has 1 aromatic carbocycles. The molecular weight excluding hydrogens is 408 g/mol. The van der Waals surface area contributed by atoms with Crippen molar-refractivity contribution in [2.75, 3.05) is 13.1 Å². The van der Waals surface area contributed by atoms with Crippen LogP contribution >= 0.6 is 0 Å². The van der Waals surface area contributed by atoms with Crippen molar-refractivity contribution in [1.29, 1.82) is 0 Å². The second-order valence-corrected chi connectivity index (χ2v) is 8.70. The predicted octanol–water partition coefficient (Wildman–Crippen LogP) is 2.66. The van der Waals surface area contributed by atoms with Crippen LogP contribution in [0, 0.1) is 0 Å². The van der Waals surface area contributed by atoms with Gasteiger partial charge >= 0.3 is 5.97 Å². The lowest BCUT2D eigenvalue weighted by molar-refractivity contribution is 0.0425. The zero-order valence-corrected chi connectivity index (χ0v) is 16.9. The van der Waals surface area contributed by atoms with E-state index in [9.17, 15) is 13.2 Å². The minimum absolute atomic E-state index is 0.0185. The molecule has 156 valence electrons. The summed E-state index contributed by atoms with van der Waals surface area (Å²) < 4.78 is 37.8. The number of benzene rings is 1. The Labute approximate surface area is 173 Å². The van der Waals surface area contributed by atoms with Crippen molar-refractivity contribution in [3.8, 4) is 11.4 Å². The monoisotopic (exact) mass is 428 g/mol. The summed E-state index contributed by atoms with van der Waals surface area (Å²) in [5, 5.41) is 3.84. The molecule has 2 aromatic heterocycles. The molecule has 1 aliphatic rings. The highest BCUT2D eigenvalue weighted by Crippen LogP contribution is 2.24. The highest BCUT2D eigenvalue weighted by Gasteiger charge is 2.30. The van der Waals surface area contributed by atoms with E-state index in [2.05, 4.69) is 15.1 Å². The third kappa shape index (κ3) is 4.24. The van der Waals surface area contributed by atoms with E-state index in [1.807, 2.05) is 0 Å². The van der Waals surface area contributed by atoms with Gasteiger partial charge in [-0.05, 0) is 37.1 Å². The van der Waals surface area contributed by atoms with Crippen LogP contribution in [-0.2, 0) is 21.4 Å². The number of carbonyl (C=O) groups is 1. The average Bonchev–Trinajstić information content (AvgIpc) is 3.28. The number of esters is 1. The highest BCUT2D eigenvalue weighted by atomic mass is 32.2. The molecule has 1 aliphatic heterocycles. The van der Waals surface area contributed by atoms with Gasteiger partial charge in [0.2, 0.25) is 15.8 Å². The first-order chi connectivity index (χ1) is 14.6. The van der Waals surface area contributed by atoms with Gasteiger partial charge in [0, 0.05) is 31.0 Å². The molecule has 10 heteroatoms. The summed E-state index contributed by atoms with van der Waals surface area (Å²) >= 11 is 0. The number of hydrogen-bond acceptors (Lipinski definition) is 8. The van der Waals surface area contributed by atoms with Crippen LogP contribution in [0.5, 0.6) is 0 Å². The first kappa shape index (κ1) is 20.2. The van der Waals surface area contributed by atoms with Crippen LogP contribution in [0.4, 0.5) is 0 Å². The standard InChI is InChI=1S/C20H20N4O5S/c25-20(28-14-18-22-19(23-29-18)15-7-6-10-21-13-15)16-8-2-3-9-17(16)30(26,27)24-11-4-1-5-12-24/h2-3,6-10,13H,1,4-5,11-12,14H2. The van der Waals surface area contributed by atoms with Crippen LogP contribution in [0.3, 0.4) is 0 Å². The molecule has 9 nitrogen and oxygen atoms in total. The van der Waals surface area contributed by atoms with Gasteiger partial charge in [0.1, 0.15) is 0 Å². The van der Waals surface area contributed by atoms with Gasteiger partial charge in [-0.2, -0.15) is 9.29 Å². The third-order valence-electron chi connectivity index (χ3n) is 4.75. The molecule has 4 rings (SSSR count). The van der Waals surface area contributed by atoms with E-state index in [4.69, 9.17) is 9.26 Å². The number of hydrogen-bond donors (Lipinski definition) is 0. The van der Waals surface area contributed by atoms with Crippen molar-refractivity contribution >= 4 is 16.0 Å². The van der Waals surface area contributed by atoms with Crippen molar-refractivity contribution in [2.24, 2.45) is 0 Å². The van der Waals surface area contributed by atoms with Gasteiger partial charge in [0.25, 0.3) is 5.89 Å². The summed E-state index contributed by atoms with van der Waals surface area (Å²) in [5.74, 6) is -0.354. The summed E-state index contributed by atoms with van der Waals surface area (Å²) in [4.78, 5) is 20.7. The first-order valence-corrected chi connectivity index (χ1v) is 11.0. The van der Waals surface area contributed by atoms with Crippen LogP contribution in [0.1, 0.15) is 35.5 Å². The van der Waals surface area contributed by atoms with E-state index in [0.717, 1.165) is 19.3 Å². The van der Waals surface area contributed by atoms with Gasteiger partial charge in [0.15, 0.2) is 6.61 Å². The molecule has 0 saturated carbocycles. The van der Waals surface area contributed by atoms with Crippen LogP contribution in [0.15, 0.2) is 58.2 Å². The molecule has 0 unspecified atom stereocenters. The number of aromatic nitrogens is 3. The Bertz CT molecular complexity index is 1120. The van der Waals surface area contributed by atoms with E-state index in [1.54, 1.807) is 36.7 Å². The summed E-state index contributed by atoms with van der Waals surface area (Å²) in [6, 6.07) is 9.56. The SMILES string of the molecule is O=C(OCc1nc(-c2cccnc2)no1)c1ccccc1S(=O)(=O)N1CCCCC1. The van der Waals surface area contributed by atoms with Crippen LogP contribution in [-0.4, -0.2) is 46.9 Å². The van der Waals surface area contributed by atoms with Gasteiger partial charge in [-0.25, -0.2) is 13.2 Å². The summed E-state index contributed by atoms with van der Waals surface area (Å²) in [6.07, 6.45) is 5.83.